The molecule has 0 spiro atoms. The van der Waals surface area contributed by atoms with Gasteiger partial charge in [-0.3, -0.25) is 4.79 Å². The van der Waals surface area contributed by atoms with E-state index in [4.69, 9.17) is 9.26 Å². The average molecular weight is 277 g/mol. The Morgan fingerprint density at radius 2 is 2.53 bits per heavy atom. The van der Waals surface area contributed by atoms with Gasteiger partial charge in [-0.1, -0.05) is 21.1 Å². The van der Waals surface area contributed by atoms with Crippen LogP contribution < -0.4 is 5.32 Å². The zero-order chi connectivity index (χ0) is 11.3. The van der Waals surface area contributed by atoms with E-state index in [1.54, 1.807) is 14.0 Å². The lowest BCUT2D eigenvalue weighted by Crippen LogP contribution is -2.31. The summed E-state index contributed by atoms with van der Waals surface area (Å²) >= 11 is 3.37. The Balaban J connectivity index is 2.40. The smallest absolute Gasteiger partial charge is 0.256 e. The van der Waals surface area contributed by atoms with Gasteiger partial charge in [-0.25, -0.2) is 0 Å². The summed E-state index contributed by atoms with van der Waals surface area (Å²) in [6.45, 7) is 2.74. The number of aromatic nitrogens is 1. The van der Waals surface area contributed by atoms with Gasteiger partial charge in [0.1, 0.15) is 11.3 Å². The Bertz CT molecular complexity index is 327. The quantitative estimate of drug-likeness (QED) is 0.819. The predicted octanol–water partition coefficient (Wildman–Crippen LogP) is 1.12. The Morgan fingerprint density at radius 1 is 1.80 bits per heavy atom. The van der Waals surface area contributed by atoms with Gasteiger partial charge >= 0.3 is 0 Å². The molecule has 0 bridgehead atoms. The standard InChI is InChI=1S/C9H13BrN2O3/c1-6-8(4-12-15-6)9(13)11-3-7(10)5-14-2/h4,7H,3,5H2,1-2H3,(H,11,13). The summed E-state index contributed by atoms with van der Waals surface area (Å²) in [7, 11) is 1.61. The molecule has 1 aromatic heterocycles. The zero-order valence-electron chi connectivity index (χ0n) is 8.62. The number of ether oxygens (including phenoxy) is 1. The Kier molecular flexibility index (Phi) is 4.77. The minimum Gasteiger partial charge on any atom is -0.383 e. The van der Waals surface area contributed by atoms with Crippen LogP contribution >= 0.6 is 15.9 Å². The molecule has 0 radical (unpaired) electrons. The second kappa shape index (κ2) is 5.87. The van der Waals surface area contributed by atoms with Gasteiger partial charge in [-0.2, -0.15) is 0 Å². The van der Waals surface area contributed by atoms with Crippen molar-refractivity contribution in [3.8, 4) is 0 Å². The molecule has 0 aliphatic carbocycles. The second-order valence-corrected chi connectivity index (χ2v) is 4.35. The molecule has 1 aromatic rings. The minimum atomic E-state index is -0.186. The molecule has 0 saturated heterocycles. The monoisotopic (exact) mass is 276 g/mol. The largest absolute Gasteiger partial charge is 0.383 e. The van der Waals surface area contributed by atoms with Gasteiger partial charge in [0.25, 0.3) is 5.91 Å². The highest BCUT2D eigenvalue weighted by Crippen LogP contribution is 2.05. The first-order chi connectivity index (χ1) is 7.15. The Morgan fingerprint density at radius 3 is 3.07 bits per heavy atom. The topological polar surface area (TPSA) is 64.4 Å². The van der Waals surface area contributed by atoms with E-state index in [0.717, 1.165) is 0 Å². The maximum atomic E-state index is 11.6. The summed E-state index contributed by atoms with van der Waals surface area (Å²) in [5, 5.41) is 6.28. The lowest BCUT2D eigenvalue weighted by atomic mass is 10.2. The van der Waals surface area contributed by atoms with E-state index >= 15 is 0 Å². The maximum absolute atomic E-state index is 11.6. The maximum Gasteiger partial charge on any atom is 0.256 e. The normalized spacial score (nSPS) is 12.5. The zero-order valence-corrected chi connectivity index (χ0v) is 10.2. The number of hydrogen-bond donors (Lipinski definition) is 1. The molecule has 6 heteroatoms. The molecule has 1 unspecified atom stereocenters. The summed E-state index contributed by atoms with van der Waals surface area (Å²) in [6, 6.07) is 0. The van der Waals surface area contributed by atoms with E-state index in [0.29, 0.717) is 24.5 Å². The van der Waals surface area contributed by atoms with E-state index in [1.807, 2.05) is 0 Å². The van der Waals surface area contributed by atoms with Gasteiger partial charge in [-0.15, -0.1) is 0 Å². The van der Waals surface area contributed by atoms with Crippen molar-refractivity contribution in [3.05, 3.63) is 17.5 Å². The van der Waals surface area contributed by atoms with Gasteiger partial charge in [-0.05, 0) is 6.92 Å². The van der Waals surface area contributed by atoms with Gasteiger partial charge in [0, 0.05) is 13.7 Å². The van der Waals surface area contributed by atoms with Gasteiger partial charge < -0.3 is 14.6 Å². The van der Waals surface area contributed by atoms with Gasteiger partial charge in [0.05, 0.1) is 17.6 Å². The van der Waals surface area contributed by atoms with Crippen molar-refractivity contribution >= 4 is 21.8 Å². The molecule has 1 N–H and O–H groups in total. The molecule has 1 rings (SSSR count). The van der Waals surface area contributed by atoms with Gasteiger partial charge in [0.2, 0.25) is 0 Å². The summed E-state index contributed by atoms with van der Waals surface area (Å²) in [4.78, 5) is 11.7. The fourth-order valence-electron chi connectivity index (χ4n) is 1.06. The van der Waals surface area contributed by atoms with Crippen molar-refractivity contribution in [1.29, 1.82) is 0 Å². The third-order valence-electron chi connectivity index (χ3n) is 1.83. The molecular weight excluding hydrogens is 264 g/mol. The lowest BCUT2D eigenvalue weighted by Gasteiger charge is -2.09. The number of aryl methyl sites for hydroxylation is 1. The Hall–Kier alpha value is -0.880. The van der Waals surface area contributed by atoms with Crippen LogP contribution in [0.15, 0.2) is 10.7 Å². The van der Waals surface area contributed by atoms with E-state index in [-0.39, 0.29) is 10.7 Å². The van der Waals surface area contributed by atoms with Crippen molar-refractivity contribution < 1.29 is 14.1 Å². The van der Waals surface area contributed by atoms with E-state index in [1.165, 1.54) is 6.20 Å². The van der Waals surface area contributed by atoms with Crippen LogP contribution in [0.5, 0.6) is 0 Å². The number of amides is 1. The lowest BCUT2D eigenvalue weighted by molar-refractivity contribution is 0.0948. The van der Waals surface area contributed by atoms with Crippen LogP contribution in [0.4, 0.5) is 0 Å². The summed E-state index contributed by atoms with van der Waals surface area (Å²) in [5.41, 5.74) is 0.465. The number of nitrogens with one attached hydrogen (secondary N) is 1. The number of alkyl halides is 1. The van der Waals surface area contributed by atoms with Crippen molar-refractivity contribution in [2.75, 3.05) is 20.3 Å². The molecule has 0 aliphatic rings. The predicted molar refractivity (Wildman–Crippen MR) is 58.2 cm³/mol. The third-order valence-corrected chi connectivity index (χ3v) is 2.42. The highest BCUT2D eigenvalue weighted by molar-refractivity contribution is 9.09. The Labute approximate surface area is 96.3 Å². The number of methoxy groups -OCH3 is 1. The molecule has 0 saturated carbocycles. The fourth-order valence-corrected chi connectivity index (χ4v) is 1.48. The van der Waals surface area contributed by atoms with E-state index in [9.17, 15) is 4.79 Å². The first-order valence-corrected chi connectivity index (χ1v) is 5.39. The first-order valence-electron chi connectivity index (χ1n) is 4.47. The molecule has 1 atom stereocenters. The second-order valence-electron chi connectivity index (χ2n) is 3.06. The molecule has 1 amide bonds. The fraction of sp³-hybridized carbons (Fsp3) is 0.556. The molecular formula is C9H13BrN2O3. The molecule has 0 aromatic carbocycles. The molecule has 15 heavy (non-hydrogen) atoms. The highest BCUT2D eigenvalue weighted by Gasteiger charge is 2.13. The molecule has 1 heterocycles. The van der Waals surface area contributed by atoms with Crippen molar-refractivity contribution in [1.82, 2.24) is 10.5 Å². The molecule has 0 aliphatic heterocycles. The SMILES string of the molecule is COCC(Br)CNC(=O)c1cnoc1C. The third kappa shape index (κ3) is 3.64. The number of rotatable bonds is 5. The van der Waals surface area contributed by atoms with Crippen LogP contribution in [0, 0.1) is 6.92 Å². The molecule has 0 fully saturated rings. The van der Waals surface area contributed by atoms with Crippen LogP contribution in [-0.4, -0.2) is 36.2 Å². The highest BCUT2D eigenvalue weighted by atomic mass is 79.9. The van der Waals surface area contributed by atoms with Crippen molar-refractivity contribution in [2.24, 2.45) is 0 Å². The van der Waals surface area contributed by atoms with E-state index < -0.39 is 0 Å². The minimum absolute atomic E-state index is 0.103. The number of hydrogen-bond acceptors (Lipinski definition) is 4. The van der Waals surface area contributed by atoms with Crippen LogP contribution in [0.3, 0.4) is 0 Å². The molecule has 5 nitrogen and oxygen atoms in total. The van der Waals surface area contributed by atoms with Crippen molar-refractivity contribution in [2.45, 2.75) is 11.8 Å². The number of carbonyl (C=O) groups excluding carboxylic acids is 1. The number of carbonyl (C=O) groups is 1. The van der Waals surface area contributed by atoms with Crippen LogP contribution in [-0.2, 0) is 4.74 Å². The first kappa shape index (κ1) is 12.2. The average Bonchev–Trinajstić information content (AvgIpc) is 2.61. The number of nitrogens with zero attached hydrogens (tertiary/aromatic N) is 1. The van der Waals surface area contributed by atoms with Crippen molar-refractivity contribution in [3.63, 3.8) is 0 Å². The molecule has 84 valence electrons. The van der Waals surface area contributed by atoms with E-state index in [2.05, 4.69) is 26.4 Å². The summed E-state index contributed by atoms with van der Waals surface area (Å²) in [5.74, 6) is 0.333. The van der Waals surface area contributed by atoms with Crippen LogP contribution in [0.1, 0.15) is 16.1 Å². The number of halogens is 1. The summed E-state index contributed by atoms with van der Waals surface area (Å²) in [6.07, 6.45) is 1.41. The van der Waals surface area contributed by atoms with Gasteiger partial charge in [0.15, 0.2) is 0 Å². The van der Waals surface area contributed by atoms with Crippen LogP contribution in [0.2, 0.25) is 0 Å². The summed E-state index contributed by atoms with van der Waals surface area (Å²) < 4.78 is 9.71. The van der Waals surface area contributed by atoms with Crippen LogP contribution in [0.25, 0.3) is 0 Å².